The monoisotopic (exact) mass is 436 g/mol. The molecule has 5 heteroatoms. The van der Waals surface area contributed by atoms with Crippen LogP contribution in [0.4, 0.5) is 5.69 Å². The summed E-state index contributed by atoms with van der Waals surface area (Å²) < 4.78 is 5.34. The van der Waals surface area contributed by atoms with Crippen LogP contribution in [-0.4, -0.2) is 18.9 Å². The summed E-state index contributed by atoms with van der Waals surface area (Å²) in [6, 6.07) is 32.0. The maximum Gasteiger partial charge on any atom is 0.255 e. The molecule has 0 aliphatic heterocycles. The van der Waals surface area contributed by atoms with Crippen LogP contribution in [0.5, 0.6) is 5.75 Å². The molecule has 0 heterocycles. The first-order chi connectivity index (χ1) is 16.1. The summed E-state index contributed by atoms with van der Waals surface area (Å²) in [5.74, 6) is -0.0970. The average Bonchev–Trinajstić information content (AvgIpc) is 2.88. The summed E-state index contributed by atoms with van der Waals surface area (Å²) in [7, 11) is 1.51. The van der Waals surface area contributed by atoms with E-state index in [1.807, 2.05) is 72.8 Å². The second-order valence-electron chi connectivity index (χ2n) is 7.48. The third kappa shape index (κ3) is 5.46. The summed E-state index contributed by atoms with van der Waals surface area (Å²) in [5, 5.41) is 5.76. The number of carbonyl (C=O) groups is 2. The van der Waals surface area contributed by atoms with Gasteiger partial charge in [-0.15, -0.1) is 0 Å². The van der Waals surface area contributed by atoms with Crippen molar-refractivity contribution in [1.82, 2.24) is 5.32 Å². The number of methoxy groups -OCH3 is 1. The van der Waals surface area contributed by atoms with E-state index in [1.165, 1.54) is 7.11 Å². The number of amides is 2. The van der Waals surface area contributed by atoms with Gasteiger partial charge in [-0.3, -0.25) is 9.59 Å². The number of carbonyl (C=O) groups excluding carboxylic acids is 2. The van der Waals surface area contributed by atoms with E-state index in [9.17, 15) is 9.59 Å². The predicted molar refractivity (Wildman–Crippen MR) is 130 cm³/mol. The quantitative estimate of drug-likeness (QED) is 0.399. The third-order valence-electron chi connectivity index (χ3n) is 5.25. The largest absolute Gasteiger partial charge is 0.496 e. The van der Waals surface area contributed by atoms with Gasteiger partial charge in [-0.2, -0.15) is 0 Å². The van der Waals surface area contributed by atoms with E-state index >= 15 is 0 Å². The van der Waals surface area contributed by atoms with Crippen molar-refractivity contribution in [3.05, 3.63) is 120 Å². The highest BCUT2D eigenvalue weighted by atomic mass is 16.5. The van der Waals surface area contributed by atoms with Crippen LogP contribution in [0.1, 0.15) is 26.3 Å². The summed E-state index contributed by atoms with van der Waals surface area (Å²) in [6.45, 7) is 0.396. The topological polar surface area (TPSA) is 67.4 Å². The lowest BCUT2D eigenvalue weighted by Crippen LogP contribution is -2.23. The van der Waals surface area contributed by atoms with E-state index in [1.54, 1.807) is 30.3 Å². The molecule has 5 nitrogen and oxygen atoms in total. The van der Waals surface area contributed by atoms with Crippen LogP contribution in [0.25, 0.3) is 11.1 Å². The standard InChI is InChI=1S/C28H24N2O3/c1-33-26-17-16-24(18-25(26)28(32)29-19-20-8-4-2-5-9-20)30-27(31)23-14-12-22(13-15-23)21-10-6-3-7-11-21/h2-18H,19H2,1H3,(H,29,32)(H,30,31). The van der Waals surface area contributed by atoms with Gasteiger partial charge in [0, 0.05) is 17.8 Å². The molecule has 0 unspecified atom stereocenters. The zero-order chi connectivity index (χ0) is 23.0. The Labute approximate surface area is 193 Å². The lowest BCUT2D eigenvalue weighted by atomic mass is 10.0. The molecule has 0 fully saturated rings. The van der Waals surface area contributed by atoms with Gasteiger partial charge < -0.3 is 15.4 Å². The van der Waals surface area contributed by atoms with Gasteiger partial charge in [0.25, 0.3) is 11.8 Å². The molecule has 4 aromatic rings. The highest BCUT2D eigenvalue weighted by Gasteiger charge is 2.15. The Balaban J connectivity index is 1.46. The van der Waals surface area contributed by atoms with Crippen LogP contribution in [0.2, 0.25) is 0 Å². The lowest BCUT2D eigenvalue weighted by Gasteiger charge is -2.12. The van der Waals surface area contributed by atoms with Gasteiger partial charge in [0.05, 0.1) is 12.7 Å². The molecule has 0 aliphatic rings. The molecule has 0 saturated heterocycles. The molecule has 4 rings (SSSR count). The summed E-state index contributed by atoms with van der Waals surface area (Å²) >= 11 is 0. The normalized spacial score (nSPS) is 10.3. The molecule has 0 spiro atoms. The number of anilines is 1. The van der Waals surface area contributed by atoms with Crippen LogP contribution in [0.3, 0.4) is 0 Å². The molecule has 164 valence electrons. The Bertz CT molecular complexity index is 1240. The highest BCUT2D eigenvalue weighted by Crippen LogP contribution is 2.24. The van der Waals surface area contributed by atoms with E-state index in [0.29, 0.717) is 29.1 Å². The van der Waals surface area contributed by atoms with Gasteiger partial charge in [-0.1, -0.05) is 72.8 Å². The molecule has 0 bridgehead atoms. The smallest absolute Gasteiger partial charge is 0.255 e. The first-order valence-electron chi connectivity index (χ1n) is 10.6. The SMILES string of the molecule is COc1ccc(NC(=O)c2ccc(-c3ccccc3)cc2)cc1C(=O)NCc1ccccc1. The molecule has 2 amide bonds. The first kappa shape index (κ1) is 21.8. The second kappa shape index (κ2) is 10.3. The Kier molecular flexibility index (Phi) is 6.81. The van der Waals surface area contributed by atoms with Gasteiger partial charge in [-0.05, 0) is 47.0 Å². The van der Waals surface area contributed by atoms with E-state index in [0.717, 1.165) is 16.7 Å². The molecule has 33 heavy (non-hydrogen) atoms. The second-order valence-corrected chi connectivity index (χ2v) is 7.48. The molecular formula is C28H24N2O3. The van der Waals surface area contributed by atoms with Crippen LogP contribution in [-0.2, 0) is 6.54 Å². The molecule has 0 atom stereocenters. The minimum Gasteiger partial charge on any atom is -0.496 e. The lowest BCUT2D eigenvalue weighted by molar-refractivity contribution is 0.0946. The summed E-state index contributed by atoms with van der Waals surface area (Å²) in [4.78, 5) is 25.5. The zero-order valence-electron chi connectivity index (χ0n) is 18.2. The van der Waals surface area contributed by atoms with Crippen molar-refractivity contribution in [1.29, 1.82) is 0 Å². The number of hydrogen-bond acceptors (Lipinski definition) is 3. The third-order valence-corrected chi connectivity index (χ3v) is 5.25. The molecule has 0 saturated carbocycles. The predicted octanol–water partition coefficient (Wildman–Crippen LogP) is 5.54. The summed E-state index contributed by atoms with van der Waals surface area (Å²) in [6.07, 6.45) is 0. The molecule has 2 N–H and O–H groups in total. The molecule has 4 aromatic carbocycles. The Hall–Kier alpha value is -4.38. The fourth-order valence-electron chi connectivity index (χ4n) is 3.48. The van der Waals surface area contributed by atoms with Crippen molar-refractivity contribution in [3.63, 3.8) is 0 Å². The molecular weight excluding hydrogens is 412 g/mol. The molecule has 0 aliphatic carbocycles. The van der Waals surface area contributed by atoms with Gasteiger partial charge >= 0.3 is 0 Å². The van der Waals surface area contributed by atoms with E-state index in [-0.39, 0.29) is 11.8 Å². The van der Waals surface area contributed by atoms with Crippen molar-refractivity contribution in [2.75, 3.05) is 12.4 Å². The fraction of sp³-hybridized carbons (Fsp3) is 0.0714. The first-order valence-corrected chi connectivity index (χ1v) is 10.6. The minimum atomic E-state index is -0.279. The van der Waals surface area contributed by atoms with Crippen LogP contribution < -0.4 is 15.4 Å². The van der Waals surface area contributed by atoms with Crippen molar-refractivity contribution >= 4 is 17.5 Å². The maximum absolute atomic E-state index is 12.8. The number of benzene rings is 4. The van der Waals surface area contributed by atoms with Crippen molar-refractivity contribution in [3.8, 4) is 16.9 Å². The fourth-order valence-corrected chi connectivity index (χ4v) is 3.48. The average molecular weight is 437 g/mol. The van der Waals surface area contributed by atoms with Crippen molar-refractivity contribution < 1.29 is 14.3 Å². The Morgan fingerprint density at radius 2 is 1.36 bits per heavy atom. The van der Waals surface area contributed by atoms with Crippen LogP contribution in [0.15, 0.2) is 103 Å². The van der Waals surface area contributed by atoms with Gasteiger partial charge in [0.1, 0.15) is 5.75 Å². The Morgan fingerprint density at radius 3 is 2.03 bits per heavy atom. The van der Waals surface area contributed by atoms with Gasteiger partial charge in [0.15, 0.2) is 0 Å². The minimum absolute atomic E-state index is 0.254. The molecule has 0 radical (unpaired) electrons. The molecule has 0 aromatic heterocycles. The number of hydrogen-bond donors (Lipinski definition) is 2. The summed E-state index contributed by atoms with van der Waals surface area (Å²) in [5.41, 5.74) is 4.51. The van der Waals surface area contributed by atoms with Crippen molar-refractivity contribution in [2.24, 2.45) is 0 Å². The van der Waals surface area contributed by atoms with E-state index in [4.69, 9.17) is 4.74 Å². The van der Waals surface area contributed by atoms with E-state index < -0.39 is 0 Å². The van der Waals surface area contributed by atoms with Crippen molar-refractivity contribution in [2.45, 2.75) is 6.54 Å². The van der Waals surface area contributed by atoms with E-state index in [2.05, 4.69) is 10.6 Å². The number of nitrogens with one attached hydrogen (secondary N) is 2. The maximum atomic E-state index is 12.8. The Morgan fingerprint density at radius 1 is 0.727 bits per heavy atom. The number of rotatable bonds is 7. The van der Waals surface area contributed by atoms with Crippen LogP contribution in [0, 0.1) is 0 Å². The van der Waals surface area contributed by atoms with Crippen LogP contribution >= 0.6 is 0 Å². The number of ether oxygens (including phenoxy) is 1. The zero-order valence-corrected chi connectivity index (χ0v) is 18.2. The van der Waals surface area contributed by atoms with Gasteiger partial charge in [0.2, 0.25) is 0 Å². The van der Waals surface area contributed by atoms with Gasteiger partial charge in [-0.25, -0.2) is 0 Å². The highest BCUT2D eigenvalue weighted by molar-refractivity contribution is 6.05.